The van der Waals surface area contributed by atoms with E-state index in [1.54, 1.807) is 0 Å². The van der Waals surface area contributed by atoms with E-state index in [9.17, 15) is 5.11 Å². The number of aromatic nitrogens is 2. The lowest BCUT2D eigenvalue weighted by Gasteiger charge is -2.26. The Morgan fingerprint density at radius 3 is 3.12 bits per heavy atom. The van der Waals surface area contributed by atoms with Crippen molar-refractivity contribution < 1.29 is 9.84 Å². The number of ether oxygens (including phenoxy) is 1. The number of aliphatic hydroxyl groups is 1. The molecule has 0 aliphatic carbocycles. The molecule has 4 nitrogen and oxygen atoms in total. The van der Waals surface area contributed by atoms with Crippen LogP contribution in [0.25, 0.3) is 0 Å². The van der Waals surface area contributed by atoms with Gasteiger partial charge in [0.05, 0.1) is 18.8 Å². The van der Waals surface area contributed by atoms with Gasteiger partial charge in [-0.1, -0.05) is 0 Å². The second-order valence-electron chi connectivity index (χ2n) is 5.10. The van der Waals surface area contributed by atoms with Gasteiger partial charge in [0, 0.05) is 24.9 Å². The first-order chi connectivity index (χ1) is 8.38. The Balaban J connectivity index is 1.82. The molecule has 0 aromatic carbocycles. The molecule has 2 unspecified atom stereocenters. The fraction of sp³-hybridized carbons (Fsp3) is 0.769. The molecule has 1 N–H and O–H groups in total. The highest BCUT2D eigenvalue weighted by atomic mass is 16.5. The molecule has 17 heavy (non-hydrogen) atoms. The fourth-order valence-electron chi connectivity index (χ4n) is 3.05. The zero-order chi connectivity index (χ0) is 11.7. The Kier molecular flexibility index (Phi) is 3.16. The SMILES string of the molecule is OCC1CCCc2cnc(CC3CCCO3)n21. The molecule has 0 bridgehead atoms. The number of hydrogen-bond acceptors (Lipinski definition) is 3. The zero-order valence-corrected chi connectivity index (χ0v) is 10.1. The number of aliphatic hydroxyl groups excluding tert-OH is 1. The summed E-state index contributed by atoms with van der Waals surface area (Å²) in [5, 5.41) is 9.46. The van der Waals surface area contributed by atoms with Crippen molar-refractivity contribution in [1.29, 1.82) is 0 Å². The average Bonchev–Trinajstić information content (AvgIpc) is 2.99. The van der Waals surface area contributed by atoms with Crippen LogP contribution in [0.3, 0.4) is 0 Å². The maximum atomic E-state index is 9.46. The summed E-state index contributed by atoms with van der Waals surface area (Å²) in [5.74, 6) is 1.10. The molecule has 1 aromatic rings. The third kappa shape index (κ3) is 2.11. The van der Waals surface area contributed by atoms with Crippen molar-refractivity contribution >= 4 is 0 Å². The number of hydrogen-bond donors (Lipinski definition) is 1. The Morgan fingerprint density at radius 2 is 2.35 bits per heavy atom. The van der Waals surface area contributed by atoms with Crippen LogP contribution >= 0.6 is 0 Å². The summed E-state index contributed by atoms with van der Waals surface area (Å²) < 4.78 is 7.93. The Hall–Kier alpha value is -0.870. The van der Waals surface area contributed by atoms with Gasteiger partial charge in [0.1, 0.15) is 5.82 Å². The Morgan fingerprint density at radius 1 is 1.41 bits per heavy atom. The van der Waals surface area contributed by atoms with Gasteiger partial charge in [-0.3, -0.25) is 0 Å². The van der Waals surface area contributed by atoms with Crippen molar-refractivity contribution in [3.63, 3.8) is 0 Å². The molecule has 3 heterocycles. The lowest BCUT2D eigenvalue weighted by Crippen LogP contribution is -2.24. The van der Waals surface area contributed by atoms with Gasteiger partial charge in [0.2, 0.25) is 0 Å². The minimum absolute atomic E-state index is 0.224. The average molecular weight is 236 g/mol. The van der Waals surface area contributed by atoms with E-state index in [2.05, 4.69) is 9.55 Å². The summed E-state index contributed by atoms with van der Waals surface area (Å²) in [6, 6.07) is 0.234. The molecule has 94 valence electrons. The van der Waals surface area contributed by atoms with Crippen molar-refractivity contribution in [3.8, 4) is 0 Å². The van der Waals surface area contributed by atoms with Crippen molar-refractivity contribution in [2.75, 3.05) is 13.2 Å². The van der Waals surface area contributed by atoms with Crippen LogP contribution in [-0.2, 0) is 17.6 Å². The van der Waals surface area contributed by atoms with Gasteiger partial charge in [-0.05, 0) is 32.1 Å². The highest BCUT2D eigenvalue weighted by Crippen LogP contribution is 2.27. The van der Waals surface area contributed by atoms with E-state index in [4.69, 9.17) is 4.74 Å². The van der Waals surface area contributed by atoms with Crippen LogP contribution in [-0.4, -0.2) is 34.0 Å². The highest BCUT2D eigenvalue weighted by molar-refractivity contribution is 5.11. The van der Waals surface area contributed by atoms with Crippen molar-refractivity contribution in [3.05, 3.63) is 17.7 Å². The van der Waals surface area contributed by atoms with E-state index in [0.717, 1.165) is 44.5 Å². The zero-order valence-electron chi connectivity index (χ0n) is 10.1. The molecule has 3 rings (SSSR count). The van der Waals surface area contributed by atoms with Gasteiger partial charge in [0.25, 0.3) is 0 Å². The molecule has 2 atom stereocenters. The molecule has 0 spiro atoms. The normalized spacial score (nSPS) is 28.3. The predicted molar refractivity (Wildman–Crippen MR) is 64.0 cm³/mol. The molecular weight excluding hydrogens is 216 g/mol. The first kappa shape index (κ1) is 11.2. The first-order valence-corrected chi connectivity index (χ1v) is 6.66. The van der Waals surface area contributed by atoms with Crippen molar-refractivity contribution in [1.82, 2.24) is 9.55 Å². The standard InChI is InChI=1S/C13H20N2O2/c16-9-11-4-1-3-10-8-14-13(15(10)11)7-12-5-2-6-17-12/h8,11-12,16H,1-7,9H2. The predicted octanol–water partition coefficient (Wildman–Crippen LogP) is 1.47. The summed E-state index contributed by atoms with van der Waals surface area (Å²) in [5.41, 5.74) is 1.28. The van der Waals surface area contributed by atoms with Gasteiger partial charge in [-0.15, -0.1) is 0 Å². The second kappa shape index (κ2) is 4.78. The maximum absolute atomic E-state index is 9.46. The van der Waals surface area contributed by atoms with E-state index in [1.165, 1.54) is 12.1 Å². The molecule has 4 heteroatoms. The van der Waals surface area contributed by atoms with Crippen LogP contribution in [0.2, 0.25) is 0 Å². The third-order valence-corrected chi connectivity index (χ3v) is 3.93. The minimum atomic E-state index is 0.224. The van der Waals surface area contributed by atoms with Gasteiger partial charge >= 0.3 is 0 Å². The first-order valence-electron chi connectivity index (χ1n) is 6.66. The summed E-state index contributed by atoms with van der Waals surface area (Å²) in [4.78, 5) is 4.53. The van der Waals surface area contributed by atoms with Crippen LogP contribution in [0, 0.1) is 0 Å². The van der Waals surface area contributed by atoms with E-state index < -0.39 is 0 Å². The summed E-state index contributed by atoms with van der Waals surface area (Å²) in [7, 11) is 0. The maximum Gasteiger partial charge on any atom is 0.111 e. The highest BCUT2D eigenvalue weighted by Gasteiger charge is 2.25. The van der Waals surface area contributed by atoms with Crippen molar-refractivity contribution in [2.45, 2.75) is 50.7 Å². The van der Waals surface area contributed by atoms with E-state index in [-0.39, 0.29) is 12.6 Å². The van der Waals surface area contributed by atoms with Crippen LogP contribution in [0.15, 0.2) is 6.20 Å². The van der Waals surface area contributed by atoms with Gasteiger partial charge < -0.3 is 14.4 Å². The number of aryl methyl sites for hydroxylation is 1. The summed E-state index contributed by atoms with van der Waals surface area (Å²) >= 11 is 0. The van der Waals surface area contributed by atoms with E-state index in [1.807, 2.05) is 6.20 Å². The molecule has 0 amide bonds. The Bertz CT molecular complexity index is 383. The molecule has 0 radical (unpaired) electrons. The van der Waals surface area contributed by atoms with E-state index >= 15 is 0 Å². The Labute approximate surface area is 102 Å². The molecule has 1 saturated heterocycles. The molecule has 2 aliphatic heterocycles. The lowest BCUT2D eigenvalue weighted by atomic mass is 10.0. The van der Waals surface area contributed by atoms with E-state index in [0.29, 0.717) is 6.10 Å². The number of rotatable bonds is 3. The fourth-order valence-corrected chi connectivity index (χ4v) is 3.05. The van der Waals surface area contributed by atoms with Gasteiger partial charge in [-0.2, -0.15) is 0 Å². The van der Waals surface area contributed by atoms with Gasteiger partial charge in [-0.25, -0.2) is 4.98 Å². The smallest absolute Gasteiger partial charge is 0.111 e. The molecular formula is C13H20N2O2. The largest absolute Gasteiger partial charge is 0.394 e. The topological polar surface area (TPSA) is 47.3 Å². The minimum Gasteiger partial charge on any atom is -0.394 e. The number of nitrogens with zero attached hydrogens (tertiary/aromatic N) is 2. The van der Waals surface area contributed by atoms with Crippen molar-refractivity contribution in [2.24, 2.45) is 0 Å². The molecule has 1 aromatic heterocycles. The monoisotopic (exact) mass is 236 g/mol. The summed E-state index contributed by atoms with van der Waals surface area (Å²) in [6.45, 7) is 1.11. The van der Waals surface area contributed by atoms with Crippen LogP contribution < -0.4 is 0 Å². The quantitative estimate of drug-likeness (QED) is 0.864. The molecule has 1 fully saturated rings. The number of imidazole rings is 1. The summed E-state index contributed by atoms with van der Waals surface area (Å²) in [6.07, 6.45) is 8.85. The van der Waals surface area contributed by atoms with Crippen LogP contribution in [0.4, 0.5) is 0 Å². The second-order valence-corrected chi connectivity index (χ2v) is 5.10. The third-order valence-electron chi connectivity index (χ3n) is 3.93. The van der Waals surface area contributed by atoms with Gasteiger partial charge in [0.15, 0.2) is 0 Å². The molecule has 2 aliphatic rings. The van der Waals surface area contributed by atoms with Crippen LogP contribution in [0.5, 0.6) is 0 Å². The van der Waals surface area contributed by atoms with Crippen LogP contribution in [0.1, 0.15) is 43.2 Å². The number of fused-ring (bicyclic) bond motifs is 1. The molecule has 0 saturated carbocycles. The lowest BCUT2D eigenvalue weighted by molar-refractivity contribution is 0.107.